The van der Waals surface area contributed by atoms with Gasteiger partial charge in [-0.1, -0.05) is 18.9 Å². The lowest BCUT2D eigenvalue weighted by Gasteiger charge is -2.33. The van der Waals surface area contributed by atoms with Crippen molar-refractivity contribution in [3.63, 3.8) is 0 Å². The first-order valence-corrected chi connectivity index (χ1v) is 6.67. The zero-order valence-corrected chi connectivity index (χ0v) is 11.3. The van der Waals surface area contributed by atoms with E-state index in [2.05, 4.69) is 49.4 Å². The molecule has 0 aliphatic heterocycles. The Morgan fingerprint density at radius 3 is 2.53 bits per heavy atom. The van der Waals surface area contributed by atoms with Crippen molar-refractivity contribution in [2.45, 2.75) is 57.4 Å². The van der Waals surface area contributed by atoms with Crippen LogP contribution >= 0.6 is 0 Å². The molecule has 1 saturated carbocycles. The van der Waals surface area contributed by atoms with Gasteiger partial charge in [0.25, 0.3) is 0 Å². The predicted molar refractivity (Wildman–Crippen MR) is 72.1 cm³/mol. The van der Waals surface area contributed by atoms with E-state index in [0.717, 1.165) is 6.54 Å². The first kappa shape index (κ1) is 12.6. The molecule has 2 rings (SSSR count). The van der Waals surface area contributed by atoms with Gasteiger partial charge in [-0.25, -0.2) is 0 Å². The summed E-state index contributed by atoms with van der Waals surface area (Å²) < 4.78 is 0. The van der Waals surface area contributed by atoms with Crippen LogP contribution in [0.25, 0.3) is 0 Å². The molecule has 1 N–H and O–H groups in total. The molecule has 2 heteroatoms. The minimum absolute atomic E-state index is 0.192. The molecule has 0 amide bonds. The quantitative estimate of drug-likeness (QED) is 0.865. The van der Waals surface area contributed by atoms with E-state index in [1.807, 2.05) is 6.20 Å². The smallest absolute Gasteiger partial charge is 0.0306 e. The van der Waals surface area contributed by atoms with Gasteiger partial charge < -0.3 is 5.32 Å². The van der Waals surface area contributed by atoms with Crippen LogP contribution in [0.4, 0.5) is 0 Å². The van der Waals surface area contributed by atoms with Crippen LogP contribution in [0.15, 0.2) is 24.5 Å². The van der Waals surface area contributed by atoms with Crippen molar-refractivity contribution in [2.24, 2.45) is 0 Å². The predicted octanol–water partition coefficient (Wildman–Crippen LogP) is 3.28. The standard InChI is InChI=1S/C15H24N2/c1-14(2,3)17-12-15(8-4-5-9-15)13-7-6-10-16-11-13/h6-7,10-11,17H,4-5,8-9,12H2,1-3H3. The van der Waals surface area contributed by atoms with Crippen molar-refractivity contribution >= 4 is 0 Å². The van der Waals surface area contributed by atoms with Gasteiger partial charge in [0.1, 0.15) is 0 Å². The molecule has 0 spiro atoms. The highest BCUT2D eigenvalue weighted by atomic mass is 15.0. The Balaban J connectivity index is 2.16. The summed E-state index contributed by atoms with van der Waals surface area (Å²) in [5.41, 5.74) is 1.92. The minimum Gasteiger partial charge on any atom is -0.311 e. The highest BCUT2D eigenvalue weighted by Gasteiger charge is 2.36. The Morgan fingerprint density at radius 2 is 2.00 bits per heavy atom. The van der Waals surface area contributed by atoms with E-state index in [9.17, 15) is 0 Å². The van der Waals surface area contributed by atoms with Gasteiger partial charge in [-0.3, -0.25) is 4.98 Å². The molecular weight excluding hydrogens is 208 g/mol. The Morgan fingerprint density at radius 1 is 1.29 bits per heavy atom. The molecule has 1 fully saturated rings. The molecule has 0 bridgehead atoms. The summed E-state index contributed by atoms with van der Waals surface area (Å²) in [5.74, 6) is 0. The molecule has 1 aromatic heterocycles. The fraction of sp³-hybridized carbons (Fsp3) is 0.667. The number of hydrogen-bond donors (Lipinski definition) is 1. The van der Waals surface area contributed by atoms with Crippen LogP contribution in [0.3, 0.4) is 0 Å². The number of nitrogens with one attached hydrogen (secondary N) is 1. The van der Waals surface area contributed by atoms with Gasteiger partial charge in [0.15, 0.2) is 0 Å². The van der Waals surface area contributed by atoms with E-state index in [1.165, 1.54) is 31.2 Å². The molecule has 0 saturated heterocycles. The van der Waals surface area contributed by atoms with Crippen LogP contribution in [0.1, 0.15) is 52.0 Å². The Bertz CT molecular complexity index is 345. The molecule has 0 aromatic carbocycles. The summed E-state index contributed by atoms with van der Waals surface area (Å²) in [5, 5.41) is 3.68. The molecule has 1 aliphatic rings. The molecule has 1 heterocycles. The number of hydrogen-bond acceptors (Lipinski definition) is 2. The molecule has 0 radical (unpaired) electrons. The van der Waals surface area contributed by atoms with Crippen molar-refractivity contribution in [1.82, 2.24) is 10.3 Å². The van der Waals surface area contributed by atoms with Gasteiger partial charge in [-0.15, -0.1) is 0 Å². The van der Waals surface area contributed by atoms with Crippen LogP contribution in [0.2, 0.25) is 0 Å². The lowest BCUT2D eigenvalue weighted by Crippen LogP contribution is -2.45. The maximum Gasteiger partial charge on any atom is 0.0306 e. The van der Waals surface area contributed by atoms with E-state index in [0.29, 0.717) is 5.41 Å². The number of nitrogens with zero attached hydrogens (tertiary/aromatic N) is 1. The van der Waals surface area contributed by atoms with Crippen molar-refractivity contribution in [3.8, 4) is 0 Å². The highest BCUT2D eigenvalue weighted by molar-refractivity contribution is 5.24. The zero-order valence-electron chi connectivity index (χ0n) is 11.3. The summed E-state index contributed by atoms with van der Waals surface area (Å²) in [7, 11) is 0. The van der Waals surface area contributed by atoms with E-state index >= 15 is 0 Å². The van der Waals surface area contributed by atoms with Gasteiger partial charge in [0.2, 0.25) is 0 Å². The monoisotopic (exact) mass is 232 g/mol. The Kier molecular flexibility index (Phi) is 3.53. The third-order valence-corrected chi connectivity index (χ3v) is 3.79. The van der Waals surface area contributed by atoms with Gasteiger partial charge in [0.05, 0.1) is 0 Å². The number of aromatic nitrogens is 1. The third-order valence-electron chi connectivity index (χ3n) is 3.79. The lowest BCUT2D eigenvalue weighted by molar-refractivity contribution is 0.332. The van der Waals surface area contributed by atoms with Crippen LogP contribution in [0.5, 0.6) is 0 Å². The van der Waals surface area contributed by atoms with Crippen molar-refractivity contribution in [2.75, 3.05) is 6.54 Å². The molecule has 2 nitrogen and oxygen atoms in total. The second-order valence-electron chi connectivity index (χ2n) is 6.33. The molecule has 1 aromatic rings. The molecule has 0 unspecified atom stereocenters. The van der Waals surface area contributed by atoms with E-state index < -0.39 is 0 Å². The Labute approximate surface area is 105 Å². The second-order valence-corrected chi connectivity index (χ2v) is 6.33. The molecule has 0 atom stereocenters. The summed E-state index contributed by atoms with van der Waals surface area (Å²) in [6.07, 6.45) is 9.20. The Hall–Kier alpha value is -0.890. The first-order valence-electron chi connectivity index (χ1n) is 6.67. The van der Waals surface area contributed by atoms with Crippen LogP contribution < -0.4 is 5.32 Å². The topological polar surface area (TPSA) is 24.9 Å². The molecule has 1 aliphatic carbocycles. The molecular formula is C15H24N2. The molecule has 17 heavy (non-hydrogen) atoms. The average molecular weight is 232 g/mol. The number of rotatable bonds is 3. The van der Waals surface area contributed by atoms with Gasteiger partial charge in [-0.05, 0) is 45.2 Å². The fourth-order valence-corrected chi connectivity index (χ4v) is 2.73. The summed E-state index contributed by atoms with van der Waals surface area (Å²) >= 11 is 0. The summed E-state index contributed by atoms with van der Waals surface area (Å²) in [6, 6.07) is 4.30. The molecule has 94 valence electrons. The number of pyridine rings is 1. The minimum atomic E-state index is 0.192. The normalized spacial score (nSPS) is 19.5. The fourth-order valence-electron chi connectivity index (χ4n) is 2.73. The van der Waals surface area contributed by atoms with Gasteiger partial charge >= 0.3 is 0 Å². The summed E-state index contributed by atoms with van der Waals surface area (Å²) in [6.45, 7) is 7.78. The van der Waals surface area contributed by atoms with Crippen LogP contribution in [-0.2, 0) is 5.41 Å². The summed E-state index contributed by atoms with van der Waals surface area (Å²) in [4.78, 5) is 4.29. The van der Waals surface area contributed by atoms with E-state index in [4.69, 9.17) is 0 Å². The van der Waals surface area contributed by atoms with Crippen molar-refractivity contribution in [3.05, 3.63) is 30.1 Å². The largest absolute Gasteiger partial charge is 0.311 e. The van der Waals surface area contributed by atoms with E-state index in [-0.39, 0.29) is 5.54 Å². The second kappa shape index (κ2) is 4.77. The SMILES string of the molecule is CC(C)(C)NCC1(c2cccnc2)CCCC1. The third kappa shape index (κ3) is 3.06. The van der Waals surface area contributed by atoms with Crippen molar-refractivity contribution < 1.29 is 0 Å². The maximum atomic E-state index is 4.29. The lowest BCUT2D eigenvalue weighted by atomic mass is 9.79. The van der Waals surface area contributed by atoms with Gasteiger partial charge in [0, 0.05) is 29.9 Å². The average Bonchev–Trinajstić information content (AvgIpc) is 2.77. The highest BCUT2D eigenvalue weighted by Crippen LogP contribution is 2.40. The van der Waals surface area contributed by atoms with E-state index in [1.54, 1.807) is 0 Å². The van der Waals surface area contributed by atoms with Gasteiger partial charge in [-0.2, -0.15) is 0 Å². The zero-order chi connectivity index (χ0) is 12.4. The van der Waals surface area contributed by atoms with Crippen LogP contribution in [-0.4, -0.2) is 17.1 Å². The maximum absolute atomic E-state index is 4.29. The van der Waals surface area contributed by atoms with Crippen molar-refractivity contribution in [1.29, 1.82) is 0 Å². The van der Waals surface area contributed by atoms with Crippen LogP contribution in [0, 0.1) is 0 Å². The first-order chi connectivity index (χ1) is 8.02.